The second-order valence-electron chi connectivity index (χ2n) is 5.81. The number of aliphatic imine (C=N–C) groups is 1. The van der Waals surface area contributed by atoms with E-state index >= 15 is 0 Å². The van der Waals surface area contributed by atoms with Gasteiger partial charge in [-0.2, -0.15) is 0 Å². The number of hydrogen-bond donors (Lipinski definition) is 1. The number of nitrogens with zero attached hydrogens (tertiary/aromatic N) is 2. The molecule has 2 heterocycles. The average molecular weight is 308 g/mol. The van der Waals surface area contributed by atoms with Crippen LogP contribution in [0.5, 0.6) is 0 Å². The van der Waals surface area contributed by atoms with E-state index in [0.717, 1.165) is 37.4 Å². The molecule has 0 saturated carbocycles. The molecule has 0 aromatic heterocycles. The van der Waals surface area contributed by atoms with Crippen molar-refractivity contribution in [2.24, 2.45) is 10.7 Å². The minimum Gasteiger partial charge on any atom is -0.376 e. The van der Waals surface area contributed by atoms with E-state index in [4.69, 9.17) is 22.1 Å². The van der Waals surface area contributed by atoms with Gasteiger partial charge in [0, 0.05) is 18.2 Å². The zero-order valence-electron chi connectivity index (χ0n) is 12.4. The number of benzene rings is 1. The lowest BCUT2D eigenvalue weighted by Gasteiger charge is -2.40. The van der Waals surface area contributed by atoms with Crippen molar-refractivity contribution in [1.82, 2.24) is 4.90 Å². The molecule has 2 aliphatic heterocycles. The van der Waals surface area contributed by atoms with Gasteiger partial charge in [-0.15, -0.1) is 0 Å². The van der Waals surface area contributed by atoms with Gasteiger partial charge in [-0.05, 0) is 37.0 Å². The van der Waals surface area contributed by atoms with E-state index in [9.17, 15) is 0 Å². The summed E-state index contributed by atoms with van der Waals surface area (Å²) in [5.74, 6) is 0.627. The van der Waals surface area contributed by atoms with Gasteiger partial charge in [0.05, 0.1) is 18.2 Å². The Hall–Kier alpha value is -1.26. The van der Waals surface area contributed by atoms with E-state index in [1.54, 1.807) is 0 Å². The summed E-state index contributed by atoms with van der Waals surface area (Å²) in [6.07, 6.45) is 3.45. The summed E-state index contributed by atoms with van der Waals surface area (Å²) in [6.45, 7) is 4.55. The van der Waals surface area contributed by atoms with Crippen molar-refractivity contribution in [3.63, 3.8) is 0 Å². The zero-order chi connectivity index (χ0) is 14.9. The normalized spacial score (nSPS) is 29.0. The van der Waals surface area contributed by atoms with Gasteiger partial charge in [-0.3, -0.25) is 4.99 Å². The Morgan fingerprint density at radius 3 is 2.81 bits per heavy atom. The molecule has 5 heteroatoms. The van der Waals surface area contributed by atoms with Crippen LogP contribution in [0.15, 0.2) is 29.3 Å². The molecule has 0 bridgehead atoms. The first-order valence-electron chi connectivity index (χ1n) is 7.61. The number of halogens is 1. The minimum atomic E-state index is -0.166. The molecule has 1 fully saturated rings. The molecule has 0 amide bonds. The van der Waals surface area contributed by atoms with E-state index in [1.165, 1.54) is 5.56 Å². The molecule has 2 N–H and O–H groups in total. The Morgan fingerprint density at radius 2 is 2.19 bits per heavy atom. The molecule has 2 aliphatic rings. The van der Waals surface area contributed by atoms with E-state index < -0.39 is 0 Å². The van der Waals surface area contributed by atoms with Crippen LogP contribution in [0, 0.1) is 0 Å². The molecule has 4 nitrogen and oxygen atoms in total. The predicted molar refractivity (Wildman–Crippen MR) is 85.6 cm³/mol. The summed E-state index contributed by atoms with van der Waals surface area (Å²) < 4.78 is 5.78. The van der Waals surface area contributed by atoms with E-state index in [1.807, 2.05) is 12.1 Å². The third-order valence-electron chi connectivity index (χ3n) is 4.67. The van der Waals surface area contributed by atoms with E-state index in [0.29, 0.717) is 12.5 Å². The fourth-order valence-electron chi connectivity index (χ4n) is 3.38. The largest absolute Gasteiger partial charge is 0.376 e. The average Bonchev–Trinajstić information content (AvgIpc) is 3.11. The monoisotopic (exact) mass is 307 g/mol. The first-order valence-corrected chi connectivity index (χ1v) is 7.99. The summed E-state index contributed by atoms with van der Waals surface area (Å²) in [4.78, 5) is 6.74. The summed E-state index contributed by atoms with van der Waals surface area (Å²) >= 11 is 6.02. The van der Waals surface area contributed by atoms with Gasteiger partial charge in [-0.25, -0.2) is 0 Å². The van der Waals surface area contributed by atoms with Crippen LogP contribution in [0.2, 0.25) is 5.02 Å². The summed E-state index contributed by atoms with van der Waals surface area (Å²) in [5, 5.41) is 0.752. The third kappa shape index (κ3) is 2.62. The second-order valence-corrected chi connectivity index (χ2v) is 6.25. The molecule has 2 unspecified atom stereocenters. The smallest absolute Gasteiger partial charge is 0.192 e. The quantitative estimate of drug-likeness (QED) is 0.930. The molecular formula is C16H22ClN3O. The van der Waals surface area contributed by atoms with E-state index in [-0.39, 0.29) is 11.6 Å². The first kappa shape index (κ1) is 14.7. The highest BCUT2D eigenvalue weighted by Gasteiger charge is 2.43. The van der Waals surface area contributed by atoms with Crippen LogP contribution in [0.25, 0.3) is 0 Å². The maximum atomic E-state index is 6.17. The van der Waals surface area contributed by atoms with Gasteiger partial charge in [0.15, 0.2) is 5.96 Å². The van der Waals surface area contributed by atoms with Crippen molar-refractivity contribution in [2.75, 3.05) is 19.7 Å². The lowest BCUT2D eigenvalue weighted by atomic mass is 9.86. The molecule has 21 heavy (non-hydrogen) atoms. The highest BCUT2D eigenvalue weighted by Crippen LogP contribution is 2.37. The molecule has 3 rings (SSSR count). The number of nitrogens with two attached hydrogens (primary N) is 1. The number of hydrogen-bond acceptors (Lipinski definition) is 4. The van der Waals surface area contributed by atoms with Crippen molar-refractivity contribution in [3.05, 3.63) is 34.9 Å². The van der Waals surface area contributed by atoms with Crippen molar-refractivity contribution >= 4 is 17.6 Å². The highest BCUT2D eigenvalue weighted by molar-refractivity contribution is 6.30. The predicted octanol–water partition coefficient (Wildman–Crippen LogP) is 2.75. The summed E-state index contributed by atoms with van der Waals surface area (Å²) in [6, 6.07) is 8.05. The SMILES string of the molecule is CCC1(c2ccc(Cl)cc2)CN=C(N)N1CC1CCCO1. The van der Waals surface area contributed by atoms with Gasteiger partial charge in [-0.1, -0.05) is 30.7 Å². The van der Waals surface area contributed by atoms with Crippen molar-refractivity contribution < 1.29 is 4.74 Å². The first-order chi connectivity index (χ1) is 10.2. The highest BCUT2D eigenvalue weighted by atomic mass is 35.5. The topological polar surface area (TPSA) is 50.8 Å². The maximum Gasteiger partial charge on any atom is 0.192 e. The Morgan fingerprint density at radius 1 is 1.43 bits per heavy atom. The summed E-state index contributed by atoms with van der Waals surface area (Å²) in [5.41, 5.74) is 7.22. The molecular weight excluding hydrogens is 286 g/mol. The molecule has 1 aromatic rings. The molecule has 2 atom stereocenters. The Labute approximate surface area is 130 Å². The zero-order valence-corrected chi connectivity index (χ0v) is 13.1. The lowest BCUT2D eigenvalue weighted by Crippen LogP contribution is -2.51. The van der Waals surface area contributed by atoms with Crippen LogP contribution < -0.4 is 5.73 Å². The molecule has 0 aliphatic carbocycles. The van der Waals surface area contributed by atoms with Crippen LogP contribution in [0.3, 0.4) is 0 Å². The Kier molecular flexibility index (Phi) is 4.09. The number of ether oxygens (including phenoxy) is 1. The van der Waals surface area contributed by atoms with Gasteiger partial charge >= 0.3 is 0 Å². The van der Waals surface area contributed by atoms with Gasteiger partial charge in [0.25, 0.3) is 0 Å². The third-order valence-corrected chi connectivity index (χ3v) is 4.92. The van der Waals surface area contributed by atoms with Gasteiger partial charge in [0.1, 0.15) is 0 Å². The Bertz CT molecular complexity index is 525. The minimum absolute atomic E-state index is 0.166. The molecule has 1 aromatic carbocycles. The second kappa shape index (κ2) is 5.85. The summed E-state index contributed by atoms with van der Waals surface area (Å²) in [7, 11) is 0. The fraction of sp³-hybridized carbons (Fsp3) is 0.562. The Balaban J connectivity index is 1.89. The number of guanidine groups is 1. The molecule has 114 valence electrons. The maximum absolute atomic E-state index is 6.17. The van der Waals surface area contributed by atoms with Crippen LogP contribution in [-0.2, 0) is 10.3 Å². The van der Waals surface area contributed by atoms with Crippen LogP contribution >= 0.6 is 11.6 Å². The van der Waals surface area contributed by atoms with Crippen molar-refractivity contribution in [3.8, 4) is 0 Å². The lowest BCUT2D eigenvalue weighted by molar-refractivity contribution is 0.0633. The van der Waals surface area contributed by atoms with Gasteiger partial charge < -0.3 is 15.4 Å². The van der Waals surface area contributed by atoms with Crippen molar-refractivity contribution in [2.45, 2.75) is 37.8 Å². The fourth-order valence-corrected chi connectivity index (χ4v) is 3.50. The van der Waals surface area contributed by atoms with Gasteiger partial charge in [0.2, 0.25) is 0 Å². The van der Waals surface area contributed by atoms with Crippen LogP contribution in [0.1, 0.15) is 31.7 Å². The molecule has 0 spiro atoms. The van der Waals surface area contributed by atoms with Crippen LogP contribution in [0.4, 0.5) is 0 Å². The van der Waals surface area contributed by atoms with Crippen molar-refractivity contribution in [1.29, 1.82) is 0 Å². The van der Waals surface area contributed by atoms with E-state index in [2.05, 4.69) is 28.9 Å². The molecule has 1 saturated heterocycles. The standard InChI is InChI=1S/C16H22ClN3O/c1-2-16(12-5-7-13(17)8-6-12)11-19-15(18)20(16)10-14-4-3-9-21-14/h5-8,14H,2-4,9-11H2,1H3,(H2,18,19). The molecule has 0 radical (unpaired) electrons. The number of rotatable bonds is 4. The van der Waals surface area contributed by atoms with Crippen LogP contribution in [-0.4, -0.2) is 36.7 Å².